The van der Waals surface area contributed by atoms with Crippen molar-refractivity contribution in [2.24, 2.45) is 10.9 Å². The first-order chi connectivity index (χ1) is 9.36. The van der Waals surface area contributed by atoms with E-state index in [0.717, 1.165) is 31.7 Å². The number of hydrogen-bond donors (Lipinski definition) is 1. The van der Waals surface area contributed by atoms with Crippen molar-refractivity contribution >= 4 is 18.2 Å². The largest absolute Gasteiger partial charge is 0.497 e. The Morgan fingerprint density at radius 1 is 1.40 bits per heavy atom. The fourth-order valence-corrected chi connectivity index (χ4v) is 3.27. The highest BCUT2D eigenvalue weighted by molar-refractivity contribution is 5.85. The highest BCUT2D eigenvalue weighted by atomic mass is 35.5. The second kappa shape index (κ2) is 6.98. The van der Waals surface area contributed by atoms with Crippen LogP contribution < -0.4 is 5.32 Å². The van der Waals surface area contributed by atoms with E-state index < -0.39 is 0 Å². The number of nitrogens with zero attached hydrogens (tertiary/aromatic N) is 1. The molecule has 1 N–H and O–H groups in total. The maximum absolute atomic E-state index is 5.36. The second-order valence-electron chi connectivity index (χ2n) is 5.46. The molecule has 0 aromatic rings. The van der Waals surface area contributed by atoms with E-state index in [1.165, 1.54) is 30.7 Å². The summed E-state index contributed by atoms with van der Waals surface area (Å²) in [6.07, 6.45) is 12.5. The maximum atomic E-state index is 5.36. The molecule has 3 aliphatic rings. The van der Waals surface area contributed by atoms with E-state index in [1.807, 2.05) is 0 Å². The molecule has 110 valence electrons. The third-order valence-corrected chi connectivity index (χ3v) is 4.27. The van der Waals surface area contributed by atoms with E-state index in [-0.39, 0.29) is 12.4 Å². The number of aliphatic imine (C=N–C) groups is 1. The first-order valence-corrected chi connectivity index (χ1v) is 7.28. The Bertz CT molecular complexity index is 477. The Morgan fingerprint density at radius 2 is 2.30 bits per heavy atom. The summed E-state index contributed by atoms with van der Waals surface area (Å²) in [6.45, 7) is 1.96. The molecule has 1 atom stereocenters. The molecule has 0 bridgehead atoms. The fraction of sp³-hybridized carbons (Fsp3) is 0.562. The number of allylic oxidation sites excluding steroid dienone is 5. The number of hydrogen-bond acceptors (Lipinski definition) is 3. The quantitative estimate of drug-likeness (QED) is 0.866. The lowest BCUT2D eigenvalue weighted by Gasteiger charge is -2.26. The lowest BCUT2D eigenvalue weighted by Crippen LogP contribution is -2.23. The molecule has 0 spiro atoms. The molecule has 1 heterocycles. The zero-order chi connectivity index (χ0) is 13.1. The number of methoxy groups -OCH3 is 1. The van der Waals surface area contributed by atoms with E-state index in [0.29, 0.717) is 5.92 Å². The van der Waals surface area contributed by atoms with Crippen LogP contribution in [0.2, 0.25) is 0 Å². The molecule has 0 aromatic heterocycles. The van der Waals surface area contributed by atoms with Crippen LogP contribution in [0.15, 0.2) is 40.1 Å². The van der Waals surface area contributed by atoms with Gasteiger partial charge in [-0.25, -0.2) is 0 Å². The van der Waals surface area contributed by atoms with Crippen molar-refractivity contribution in [3.05, 3.63) is 35.1 Å². The molecule has 3 rings (SSSR count). The van der Waals surface area contributed by atoms with Crippen LogP contribution in [0.5, 0.6) is 0 Å². The number of ether oxygens (including phenoxy) is 1. The fourth-order valence-electron chi connectivity index (χ4n) is 3.27. The summed E-state index contributed by atoms with van der Waals surface area (Å²) >= 11 is 0. The van der Waals surface area contributed by atoms with Crippen LogP contribution in [0.1, 0.15) is 32.1 Å². The first kappa shape index (κ1) is 15.2. The van der Waals surface area contributed by atoms with Gasteiger partial charge in [0.05, 0.1) is 19.5 Å². The molecule has 3 nitrogen and oxygen atoms in total. The number of halogens is 1. The normalized spacial score (nSPS) is 24.9. The minimum atomic E-state index is 0. The van der Waals surface area contributed by atoms with Crippen LogP contribution >= 0.6 is 12.4 Å². The summed E-state index contributed by atoms with van der Waals surface area (Å²) in [5, 5.41) is 3.40. The third-order valence-electron chi connectivity index (χ3n) is 4.27. The van der Waals surface area contributed by atoms with Crippen LogP contribution in [0.4, 0.5) is 0 Å². The summed E-state index contributed by atoms with van der Waals surface area (Å²) in [5.41, 5.74) is 3.13. The van der Waals surface area contributed by atoms with E-state index >= 15 is 0 Å². The van der Waals surface area contributed by atoms with Crippen molar-refractivity contribution in [1.29, 1.82) is 0 Å². The molecule has 20 heavy (non-hydrogen) atoms. The molecule has 0 radical (unpaired) electrons. The first-order valence-electron chi connectivity index (χ1n) is 7.28. The Balaban J connectivity index is 0.00000147. The van der Waals surface area contributed by atoms with Crippen molar-refractivity contribution < 1.29 is 4.74 Å². The smallest absolute Gasteiger partial charge is 0.115 e. The van der Waals surface area contributed by atoms with Crippen molar-refractivity contribution in [3.63, 3.8) is 0 Å². The average Bonchev–Trinajstić information content (AvgIpc) is 2.84. The Labute approximate surface area is 127 Å². The van der Waals surface area contributed by atoms with E-state index in [9.17, 15) is 0 Å². The van der Waals surface area contributed by atoms with Gasteiger partial charge in [0, 0.05) is 13.0 Å². The molecule has 0 aromatic carbocycles. The number of rotatable bonds is 3. The zero-order valence-corrected chi connectivity index (χ0v) is 12.8. The molecule has 0 saturated carbocycles. The maximum Gasteiger partial charge on any atom is 0.115 e. The van der Waals surface area contributed by atoms with E-state index in [2.05, 4.69) is 28.5 Å². The van der Waals surface area contributed by atoms with Gasteiger partial charge in [-0.15, -0.1) is 12.4 Å². The summed E-state index contributed by atoms with van der Waals surface area (Å²) in [7, 11) is 1.75. The average molecular weight is 295 g/mol. The van der Waals surface area contributed by atoms with Crippen molar-refractivity contribution in [2.45, 2.75) is 32.1 Å². The summed E-state index contributed by atoms with van der Waals surface area (Å²) < 4.78 is 5.36. The van der Waals surface area contributed by atoms with Crippen molar-refractivity contribution in [3.8, 4) is 0 Å². The minimum Gasteiger partial charge on any atom is -0.497 e. The summed E-state index contributed by atoms with van der Waals surface area (Å²) in [6, 6.07) is 0. The third kappa shape index (κ3) is 3.26. The molecular formula is C16H23ClN2O. The van der Waals surface area contributed by atoms with Gasteiger partial charge < -0.3 is 10.1 Å². The van der Waals surface area contributed by atoms with Gasteiger partial charge in [0.15, 0.2) is 0 Å². The lowest BCUT2D eigenvalue weighted by molar-refractivity contribution is 0.305. The van der Waals surface area contributed by atoms with Crippen LogP contribution in [0.25, 0.3) is 0 Å². The molecule has 0 amide bonds. The summed E-state index contributed by atoms with van der Waals surface area (Å²) in [5.74, 6) is 2.83. The van der Waals surface area contributed by atoms with Gasteiger partial charge in [-0.1, -0.05) is 11.6 Å². The van der Waals surface area contributed by atoms with Crippen molar-refractivity contribution in [2.75, 3.05) is 20.2 Å². The van der Waals surface area contributed by atoms with Crippen molar-refractivity contribution in [1.82, 2.24) is 5.32 Å². The predicted octanol–water partition coefficient (Wildman–Crippen LogP) is 3.39. The molecule has 1 unspecified atom stereocenters. The van der Waals surface area contributed by atoms with Gasteiger partial charge in [0.25, 0.3) is 0 Å². The molecule has 4 heteroatoms. The van der Waals surface area contributed by atoms with Crippen LogP contribution in [0.3, 0.4) is 0 Å². The Morgan fingerprint density at radius 3 is 3.05 bits per heavy atom. The Kier molecular flexibility index (Phi) is 5.30. The Hall–Kier alpha value is -1.22. The standard InChI is InChI=1S/C16H22N2O.ClH/c1-19-14-6-5-12-3-2-4-13(15(12)8-7-14)11-16-17-9-10-18-16;/h6-8,13H,2-5,9-11H2,1H3,(H,17,18);1H. The van der Waals surface area contributed by atoms with Gasteiger partial charge in [-0.2, -0.15) is 0 Å². The lowest BCUT2D eigenvalue weighted by atomic mass is 9.80. The summed E-state index contributed by atoms with van der Waals surface area (Å²) in [4.78, 5) is 4.54. The van der Waals surface area contributed by atoms with Gasteiger partial charge in [-0.3, -0.25) is 4.99 Å². The van der Waals surface area contributed by atoms with Crippen LogP contribution in [0, 0.1) is 5.92 Å². The number of nitrogens with one attached hydrogen (secondary N) is 1. The highest BCUT2D eigenvalue weighted by Gasteiger charge is 2.24. The van der Waals surface area contributed by atoms with Gasteiger partial charge in [0.1, 0.15) is 5.76 Å². The predicted molar refractivity (Wildman–Crippen MR) is 85.4 cm³/mol. The molecule has 1 aliphatic heterocycles. The van der Waals surface area contributed by atoms with E-state index in [4.69, 9.17) is 4.74 Å². The molecular weight excluding hydrogens is 272 g/mol. The zero-order valence-electron chi connectivity index (χ0n) is 12.0. The monoisotopic (exact) mass is 294 g/mol. The van der Waals surface area contributed by atoms with Gasteiger partial charge in [-0.05, 0) is 49.3 Å². The SMILES string of the molecule is COC1=CCC2=C(C=C1)C(CC1=NCCN1)CCC2.Cl. The van der Waals surface area contributed by atoms with Crippen LogP contribution in [-0.4, -0.2) is 26.0 Å². The topological polar surface area (TPSA) is 33.6 Å². The van der Waals surface area contributed by atoms with Gasteiger partial charge in [0.2, 0.25) is 0 Å². The molecule has 0 fully saturated rings. The van der Waals surface area contributed by atoms with Gasteiger partial charge >= 0.3 is 0 Å². The molecule has 2 aliphatic carbocycles. The van der Waals surface area contributed by atoms with E-state index in [1.54, 1.807) is 12.7 Å². The second-order valence-corrected chi connectivity index (χ2v) is 5.46. The van der Waals surface area contributed by atoms with Crippen LogP contribution in [-0.2, 0) is 4.74 Å². The number of amidine groups is 1. The minimum absolute atomic E-state index is 0. The molecule has 0 saturated heterocycles. The highest BCUT2D eigenvalue weighted by Crippen LogP contribution is 2.37.